The Hall–Kier alpha value is -1.56. The molecule has 0 saturated carbocycles. The molecule has 6 heteroatoms. The van der Waals surface area contributed by atoms with E-state index in [1.54, 1.807) is 6.20 Å². The highest BCUT2D eigenvalue weighted by Crippen LogP contribution is 2.30. The normalized spacial score (nSPS) is 25.6. The molecule has 21 heavy (non-hydrogen) atoms. The number of hydrogen-bond acceptors (Lipinski definition) is 3. The standard InChI is InChI=1S/C15H25N5O/c1-11(2)5-20-10-14(4-16-20)17-15(21)19-8-12-6-18(3)7-13(12)9-19/h4,10-13H,5-9H2,1-3H3,(H,17,21)/t12-,13+. The minimum absolute atomic E-state index is 0.0103. The number of anilines is 1. The van der Waals surface area contributed by atoms with Gasteiger partial charge < -0.3 is 15.1 Å². The Morgan fingerprint density at radius 3 is 2.62 bits per heavy atom. The lowest BCUT2D eigenvalue weighted by molar-refractivity contribution is 0.215. The van der Waals surface area contributed by atoms with E-state index in [0.29, 0.717) is 17.8 Å². The van der Waals surface area contributed by atoms with E-state index in [9.17, 15) is 4.79 Å². The predicted molar refractivity (Wildman–Crippen MR) is 82.1 cm³/mol. The van der Waals surface area contributed by atoms with Crippen LogP contribution in [0, 0.1) is 17.8 Å². The molecule has 0 radical (unpaired) electrons. The van der Waals surface area contributed by atoms with Gasteiger partial charge in [-0.3, -0.25) is 4.68 Å². The average molecular weight is 291 g/mol. The summed E-state index contributed by atoms with van der Waals surface area (Å²) in [6.45, 7) is 9.15. The summed E-state index contributed by atoms with van der Waals surface area (Å²) in [7, 11) is 2.16. The van der Waals surface area contributed by atoms with E-state index in [-0.39, 0.29) is 6.03 Å². The van der Waals surface area contributed by atoms with Crippen LogP contribution in [0.3, 0.4) is 0 Å². The zero-order valence-electron chi connectivity index (χ0n) is 13.1. The van der Waals surface area contributed by atoms with Crippen molar-refractivity contribution in [3.05, 3.63) is 12.4 Å². The van der Waals surface area contributed by atoms with Gasteiger partial charge in [0.2, 0.25) is 0 Å². The maximum absolute atomic E-state index is 12.3. The number of rotatable bonds is 3. The molecule has 3 heterocycles. The molecule has 3 rings (SSSR count). The van der Waals surface area contributed by atoms with Crippen molar-refractivity contribution in [2.45, 2.75) is 20.4 Å². The van der Waals surface area contributed by atoms with Gasteiger partial charge >= 0.3 is 6.03 Å². The lowest BCUT2D eigenvalue weighted by Gasteiger charge is -2.19. The van der Waals surface area contributed by atoms with Crippen LogP contribution in [0.4, 0.5) is 10.5 Å². The smallest absolute Gasteiger partial charge is 0.321 e. The fourth-order valence-corrected chi connectivity index (χ4v) is 3.50. The molecule has 0 aliphatic carbocycles. The fourth-order valence-electron chi connectivity index (χ4n) is 3.50. The molecule has 2 saturated heterocycles. The molecule has 2 amide bonds. The molecule has 1 aromatic heterocycles. The summed E-state index contributed by atoms with van der Waals surface area (Å²) < 4.78 is 1.88. The lowest BCUT2D eigenvalue weighted by Crippen LogP contribution is -2.35. The summed E-state index contributed by atoms with van der Waals surface area (Å²) >= 11 is 0. The third-order valence-electron chi connectivity index (χ3n) is 4.39. The molecule has 0 bridgehead atoms. The van der Waals surface area contributed by atoms with Gasteiger partial charge in [0.05, 0.1) is 11.9 Å². The summed E-state index contributed by atoms with van der Waals surface area (Å²) in [5.41, 5.74) is 0.787. The van der Waals surface area contributed by atoms with Gasteiger partial charge in [-0.05, 0) is 24.8 Å². The molecular formula is C15H25N5O. The largest absolute Gasteiger partial charge is 0.324 e. The monoisotopic (exact) mass is 291 g/mol. The first kappa shape index (κ1) is 14.4. The SMILES string of the molecule is CC(C)Cn1cc(NC(=O)N2C[C@H]3CN(C)C[C@H]3C2)cn1. The summed E-state index contributed by atoms with van der Waals surface area (Å²) in [4.78, 5) is 16.6. The van der Waals surface area contributed by atoms with E-state index in [1.165, 1.54) is 0 Å². The zero-order chi connectivity index (χ0) is 15.0. The van der Waals surface area contributed by atoms with Gasteiger partial charge in [-0.2, -0.15) is 5.10 Å². The van der Waals surface area contributed by atoms with Crippen LogP contribution in [0.5, 0.6) is 0 Å². The van der Waals surface area contributed by atoms with Gasteiger partial charge in [0.1, 0.15) is 0 Å². The van der Waals surface area contributed by atoms with Gasteiger partial charge in [0.15, 0.2) is 0 Å². The molecular weight excluding hydrogens is 266 g/mol. The first-order valence-electron chi connectivity index (χ1n) is 7.78. The fraction of sp³-hybridized carbons (Fsp3) is 0.733. The highest BCUT2D eigenvalue weighted by atomic mass is 16.2. The second-order valence-electron chi connectivity index (χ2n) is 6.92. The number of carbonyl (C=O) groups excluding carboxylic acids is 1. The van der Waals surface area contributed by atoms with Crippen molar-refractivity contribution < 1.29 is 4.79 Å². The van der Waals surface area contributed by atoms with Gasteiger partial charge in [0.25, 0.3) is 0 Å². The molecule has 2 aliphatic rings. The van der Waals surface area contributed by atoms with E-state index in [4.69, 9.17) is 0 Å². The van der Waals surface area contributed by atoms with Crippen LogP contribution in [0.15, 0.2) is 12.4 Å². The molecule has 116 valence electrons. The van der Waals surface area contributed by atoms with Crippen LogP contribution in [0.1, 0.15) is 13.8 Å². The molecule has 6 nitrogen and oxygen atoms in total. The number of fused-ring (bicyclic) bond motifs is 1. The molecule has 2 aliphatic heterocycles. The number of nitrogens with one attached hydrogen (secondary N) is 1. The third-order valence-corrected chi connectivity index (χ3v) is 4.39. The van der Waals surface area contributed by atoms with Gasteiger partial charge in [-0.15, -0.1) is 0 Å². The van der Waals surface area contributed by atoms with Crippen molar-refractivity contribution in [3.8, 4) is 0 Å². The third kappa shape index (κ3) is 3.20. The molecule has 1 aromatic rings. The Morgan fingerprint density at radius 1 is 1.33 bits per heavy atom. The molecule has 0 unspecified atom stereocenters. The number of aromatic nitrogens is 2. The minimum Gasteiger partial charge on any atom is -0.324 e. The Morgan fingerprint density at radius 2 is 2.00 bits per heavy atom. The van der Waals surface area contributed by atoms with E-state index >= 15 is 0 Å². The van der Waals surface area contributed by atoms with Gasteiger partial charge in [0, 0.05) is 38.9 Å². The summed E-state index contributed by atoms with van der Waals surface area (Å²) in [5, 5.41) is 7.25. The van der Waals surface area contributed by atoms with Crippen LogP contribution in [-0.4, -0.2) is 58.8 Å². The van der Waals surface area contributed by atoms with Crippen molar-refractivity contribution in [2.75, 3.05) is 38.5 Å². The topological polar surface area (TPSA) is 53.4 Å². The highest BCUT2D eigenvalue weighted by molar-refractivity contribution is 5.89. The molecule has 2 atom stereocenters. The van der Waals surface area contributed by atoms with Crippen LogP contribution in [0.2, 0.25) is 0 Å². The summed E-state index contributed by atoms with van der Waals surface area (Å²) in [6.07, 6.45) is 3.63. The van der Waals surface area contributed by atoms with Crippen LogP contribution in [0.25, 0.3) is 0 Å². The Balaban J connectivity index is 1.54. The number of nitrogens with zero attached hydrogens (tertiary/aromatic N) is 4. The van der Waals surface area contributed by atoms with E-state index in [1.807, 2.05) is 15.8 Å². The van der Waals surface area contributed by atoms with E-state index in [0.717, 1.165) is 38.4 Å². The number of amides is 2. The van der Waals surface area contributed by atoms with Crippen molar-refractivity contribution in [2.24, 2.45) is 17.8 Å². The highest BCUT2D eigenvalue weighted by Gasteiger charge is 2.40. The lowest BCUT2D eigenvalue weighted by atomic mass is 10.0. The molecule has 0 spiro atoms. The molecule has 0 aromatic carbocycles. The maximum Gasteiger partial charge on any atom is 0.321 e. The first-order chi connectivity index (χ1) is 10.0. The summed E-state index contributed by atoms with van der Waals surface area (Å²) in [6, 6.07) is 0.0103. The van der Waals surface area contributed by atoms with Crippen LogP contribution >= 0.6 is 0 Å². The van der Waals surface area contributed by atoms with Crippen LogP contribution in [-0.2, 0) is 6.54 Å². The number of carbonyl (C=O) groups is 1. The Labute approximate surface area is 126 Å². The minimum atomic E-state index is 0.0103. The van der Waals surface area contributed by atoms with Gasteiger partial charge in [-0.1, -0.05) is 13.8 Å². The first-order valence-corrected chi connectivity index (χ1v) is 7.78. The quantitative estimate of drug-likeness (QED) is 0.919. The zero-order valence-corrected chi connectivity index (χ0v) is 13.1. The van der Waals surface area contributed by atoms with E-state index < -0.39 is 0 Å². The predicted octanol–water partition coefficient (Wildman–Crippen LogP) is 1.56. The second kappa shape index (κ2) is 5.67. The van der Waals surface area contributed by atoms with Crippen molar-refractivity contribution >= 4 is 11.7 Å². The van der Waals surface area contributed by atoms with Crippen LogP contribution < -0.4 is 5.32 Å². The average Bonchev–Trinajstić information content (AvgIpc) is 3.03. The molecule has 1 N–H and O–H groups in total. The van der Waals surface area contributed by atoms with Crippen molar-refractivity contribution in [3.63, 3.8) is 0 Å². The van der Waals surface area contributed by atoms with Crippen molar-refractivity contribution in [1.29, 1.82) is 0 Å². The molecule has 2 fully saturated rings. The maximum atomic E-state index is 12.3. The number of hydrogen-bond donors (Lipinski definition) is 1. The number of urea groups is 1. The van der Waals surface area contributed by atoms with Crippen molar-refractivity contribution in [1.82, 2.24) is 19.6 Å². The Bertz CT molecular complexity index is 498. The van der Waals surface area contributed by atoms with Gasteiger partial charge in [-0.25, -0.2) is 4.79 Å². The second-order valence-corrected chi connectivity index (χ2v) is 6.92. The van der Waals surface area contributed by atoms with E-state index in [2.05, 4.69) is 36.2 Å². The summed E-state index contributed by atoms with van der Waals surface area (Å²) in [5.74, 6) is 1.83. The number of likely N-dealkylation sites (tertiary alicyclic amines) is 2. The Kier molecular flexibility index (Phi) is 3.89.